The Bertz CT molecular complexity index is 554. The van der Waals surface area contributed by atoms with E-state index in [1.54, 1.807) is 13.0 Å². The number of methoxy groups -OCH3 is 1. The van der Waals surface area contributed by atoms with Gasteiger partial charge in [-0.25, -0.2) is 9.59 Å². The van der Waals surface area contributed by atoms with E-state index in [1.807, 2.05) is 0 Å². The zero-order valence-corrected chi connectivity index (χ0v) is 17.2. The summed E-state index contributed by atoms with van der Waals surface area (Å²) in [5.41, 5.74) is 0.893. The first-order valence-corrected chi connectivity index (χ1v) is 8.24. The van der Waals surface area contributed by atoms with Gasteiger partial charge in [-0.2, -0.15) is 0 Å². The van der Waals surface area contributed by atoms with Crippen molar-refractivity contribution >= 4 is 40.7 Å². The summed E-state index contributed by atoms with van der Waals surface area (Å²) in [4.78, 5) is 49.0. The van der Waals surface area contributed by atoms with E-state index in [0.29, 0.717) is 12.8 Å². The second-order valence-corrected chi connectivity index (χ2v) is 4.88. The van der Waals surface area contributed by atoms with E-state index >= 15 is 0 Å². The number of hydrogen-bond donors (Lipinski definition) is 3. The van der Waals surface area contributed by atoms with Gasteiger partial charge >= 0.3 is 23.9 Å². The SMILES string of the molecule is C=CC(=O)Cl.C=CC(=O)O.C=CC(=O)OC.CC=C(CCC(=O)O)CCC(=O)O. The smallest absolute Gasteiger partial charge is 0.329 e. The zero-order chi connectivity index (χ0) is 23.8. The molecule has 0 aliphatic rings. The van der Waals surface area contributed by atoms with Crippen LogP contribution in [-0.2, 0) is 28.7 Å². The molecule has 0 heterocycles. The van der Waals surface area contributed by atoms with Gasteiger partial charge < -0.3 is 20.1 Å². The highest BCUT2D eigenvalue weighted by molar-refractivity contribution is 6.66. The van der Waals surface area contributed by atoms with Crippen molar-refractivity contribution in [3.8, 4) is 0 Å². The van der Waals surface area contributed by atoms with Gasteiger partial charge in [0.1, 0.15) is 0 Å². The first-order chi connectivity index (χ1) is 13.4. The number of carbonyl (C=O) groups excluding carboxylic acids is 2. The van der Waals surface area contributed by atoms with Crippen LogP contribution in [0.2, 0.25) is 0 Å². The van der Waals surface area contributed by atoms with Crippen molar-refractivity contribution in [1.29, 1.82) is 0 Å². The summed E-state index contributed by atoms with van der Waals surface area (Å²) in [7, 11) is 1.31. The van der Waals surface area contributed by atoms with Crippen LogP contribution in [0.1, 0.15) is 32.6 Å². The number of ether oxygens (including phenoxy) is 1. The van der Waals surface area contributed by atoms with E-state index in [2.05, 4.69) is 24.5 Å². The normalized spacial score (nSPS) is 7.83. The van der Waals surface area contributed by atoms with Crippen LogP contribution in [0.15, 0.2) is 49.6 Å². The highest BCUT2D eigenvalue weighted by Crippen LogP contribution is 2.11. The molecular weight excluding hydrogens is 408 g/mol. The lowest BCUT2D eigenvalue weighted by Crippen LogP contribution is -1.99. The highest BCUT2D eigenvalue weighted by atomic mass is 35.5. The molecule has 10 heteroatoms. The van der Waals surface area contributed by atoms with Crippen molar-refractivity contribution in [3.05, 3.63) is 49.6 Å². The lowest BCUT2D eigenvalue weighted by atomic mass is 10.0. The number of halogens is 1. The molecule has 0 saturated heterocycles. The van der Waals surface area contributed by atoms with Gasteiger partial charge in [0, 0.05) is 25.0 Å². The largest absolute Gasteiger partial charge is 0.481 e. The molecule has 0 aliphatic heterocycles. The zero-order valence-electron chi connectivity index (χ0n) is 16.4. The molecule has 0 aromatic heterocycles. The maximum atomic E-state index is 10.2. The minimum absolute atomic E-state index is 0.0687. The van der Waals surface area contributed by atoms with Gasteiger partial charge in [0.15, 0.2) is 0 Å². The summed E-state index contributed by atoms with van der Waals surface area (Å²) in [6.07, 6.45) is 5.80. The molecule has 0 atom stereocenters. The van der Waals surface area contributed by atoms with Crippen LogP contribution >= 0.6 is 11.6 Å². The van der Waals surface area contributed by atoms with Crippen molar-refractivity contribution < 1.29 is 44.0 Å². The maximum Gasteiger partial charge on any atom is 0.329 e. The predicted molar refractivity (Wildman–Crippen MR) is 109 cm³/mol. The Morgan fingerprint density at radius 2 is 1.17 bits per heavy atom. The third-order valence-electron chi connectivity index (χ3n) is 2.43. The Kier molecular flexibility index (Phi) is 28.6. The summed E-state index contributed by atoms with van der Waals surface area (Å²) < 4.78 is 4.14. The average Bonchev–Trinajstić information content (AvgIpc) is 2.68. The topological polar surface area (TPSA) is 155 Å². The van der Waals surface area contributed by atoms with E-state index in [-0.39, 0.29) is 12.8 Å². The molecule has 9 nitrogen and oxygen atoms in total. The lowest BCUT2D eigenvalue weighted by molar-refractivity contribution is -0.137. The lowest BCUT2D eigenvalue weighted by Gasteiger charge is -2.02. The summed E-state index contributed by atoms with van der Waals surface area (Å²) >= 11 is 4.71. The van der Waals surface area contributed by atoms with E-state index in [1.165, 1.54) is 7.11 Å². The molecule has 0 unspecified atom stereocenters. The quantitative estimate of drug-likeness (QED) is 0.214. The molecule has 0 aliphatic carbocycles. The van der Waals surface area contributed by atoms with Crippen molar-refractivity contribution in [2.45, 2.75) is 32.6 Å². The number of rotatable bonds is 9. The van der Waals surface area contributed by atoms with E-state index in [9.17, 15) is 24.0 Å². The molecule has 0 rings (SSSR count). The monoisotopic (exact) mass is 434 g/mol. The molecule has 0 fully saturated rings. The molecule has 0 spiro atoms. The van der Waals surface area contributed by atoms with Crippen LogP contribution in [0.3, 0.4) is 0 Å². The average molecular weight is 435 g/mol. The Hall–Kier alpha value is -3.20. The number of hydrogen-bond acceptors (Lipinski definition) is 6. The van der Waals surface area contributed by atoms with Crippen molar-refractivity contribution in [3.63, 3.8) is 0 Å². The van der Waals surface area contributed by atoms with Gasteiger partial charge in [-0.1, -0.05) is 31.4 Å². The van der Waals surface area contributed by atoms with E-state index < -0.39 is 29.1 Å². The first-order valence-electron chi connectivity index (χ1n) is 7.86. The van der Waals surface area contributed by atoms with E-state index in [4.69, 9.17) is 26.9 Å². The number of carboxylic acids is 3. The number of esters is 1. The molecule has 0 radical (unpaired) electrons. The minimum Gasteiger partial charge on any atom is -0.481 e. The summed E-state index contributed by atoms with van der Waals surface area (Å²) in [5, 5.41) is 23.9. The van der Waals surface area contributed by atoms with Gasteiger partial charge in [0.05, 0.1) is 7.11 Å². The highest BCUT2D eigenvalue weighted by Gasteiger charge is 2.03. The van der Waals surface area contributed by atoms with Crippen LogP contribution in [0.5, 0.6) is 0 Å². The summed E-state index contributed by atoms with van der Waals surface area (Å²) in [5.74, 6) is -3.08. The Morgan fingerprint density at radius 1 is 0.828 bits per heavy atom. The second kappa shape index (κ2) is 24.8. The Labute approximate surface area is 174 Å². The van der Waals surface area contributed by atoms with Crippen LogP contribution in [0.25, 0.3) is 0 Å². The van der Waals surface area contributed by atoms with E-state index in [0.717, 1.165) is 23.8 Å². The van der Waals surface area contributed by atoms with Crippen molar-refractivity contribution in [2.24, 2.45) is 0 Å². The minimum atomic E-state index is -0.981. The van der Waals surface area contributed by atoms with Gasteiger partial charge in [0.25, 0.3) is 0 Å². The molecule has 164 valence electrons. The molecule has 0 amide bonds. The fraction of sp³-hybridized carbons (Fsp3) is 0.316. The van der Waals surface area contributed by atoms with Gasteiger partial charge in [-0.05, 0) is 37.4 Å². The molecule has 29 heavy (non-hydrogen) atoms. The van der Waals surface area contributed by atoms with Crippen LogP contribution in [0.4, 0.5) is 0 Å². The number of carbonyl (C=O) groups is 5. The molecule has 0 bridgehead atoms. The number of allylic oxidation sites excluding steroid dienone is 3. The molecule has 0 saturated carbocycles. The van der Waals surface area contributed by atoms with Gasteiger partial charge in [0.2, 0.25) is 5.24 Å². The fourth-order valence-electron chi connectivity index (χ4n) is 1.03. The fourth-order valence-corrected chi connectivity index (χ4v) is 1.03. The molecule has 0 aromatic rings. The van der Waals surface area contributed by atoms with Crippen molar-refractivity contribution in [2.75, 3.05) is 7.11 Å². The van der Waals surface area contributed by atoms with Crippen LogP contribution < -0.4 is 0 Å². The summed E-state index contributed by atoms with van der Waals surface area (Å²) in [6, 6.07) is 0. The van der Waals surface area contributed by atoms with Gasteiger partial charge in [-0.15, -0.1) is 0 Å². The first kappa shape index (κ1) is 33.4. The predicted octanol–water partition coefficient (Wildman–Crippen LogP) is 3.20. The van der Waals surface area contributed by atoms with Gasteiger partial charge in [-0.3, -0.25) is 14.4 Å². The van der Waals surface area contributed by atoms with Crippen molar-refractivity contribution in [1.82, 2.24) is 0 Å². The third-order valence-corrected chi connectivity index (χ3v) is 2.59. The molecule has 3 N–H and O–H groups in total. The summed E-state index contributed by atoms with van der Waals surface area (Å²) in [6.45, 7) is 11.0. The standard InChI is InChI=1S/C9H14O4.C4H6O2.C3H3ClO.C3H4O2/c1-2-7(3-5-8(10)11)4-6-9(12)13;1-3-4(5)6-2;2*1-2-3(4)5/h2H,3-6H2,1H3,(H,10,11)(H,12,13);3H,1H2,2H3;2H,1H2;2H,1H2,(H,4,5). The number of aliphatic carboxylic acids is 3. The molecular formula is C19H27ClO9. The van der Waals surface area contributed by atoms with Crippen LogP contribution in [-0.4, -0.2) is 51.5 Å². The Morgan fingerprint density at radius 3 is 1.28 bits per heavy atom. The Balaban J connectivity index is -0.000000163. The maximum absolute atomic E-state index is 10.2. The molecule has 0 aromatic carbocycles. The second-order valence-electron chi connectivity index (χ2n) is 4.51. The number of carboxylic acid groups (broad SMARTS) is 3. The third kappa shape index (κ3) is 45.7. The van der Waals surface area contributed by atoms with Crippen LogP contribution in [0, 0.1) is 0 Å².